The van der Waals surface area contributed by atoms with Crippen LogP contribution in [-0.2, 0) is 5.41 Å². The SMILES string of the molecule is O=C1NCC(CCCN2CCCCC2)(c2ccccc2)c2ccccc21. The highest BCUT2D eigenvalue weighted by Gasteiger charge is 2.40. The smallest absolute Gasteiger partial charge is 0.251 e. The van der Waals surface area contributed by atoms with Crippen molar-refractivity contribution < 1.29 is 4.79 Å². The number of carbonyl (C=O) groups is 1. The molecule has 0 bridgehead atoms. The van der Waals surface area contributed by atoms with Crippen molar-refractivity contribution in [2.24, 2.45) is 0 Å². The average Bonchev–Trinajstić information content (AvgIpc) is 2.72. The summed E-state index contributed by atoms with van der Waals surface area (Å²) in [4.78, 5) is 15.0. The molecule has 3 nitrogen and oxygen atoms in total. The zero-order valence-corrected chi connectivity index (χ0v) is 15.4. The molecule has 0 radical (unpaired) electrons. The topological polar surface area (TPSA) is 32.3 Å². The van der Waals surface area contributed by atoms with Crippen LogP contribution in [0.2, 0.25) is 0 Å². The lowest BCUT2D eigenvalue weighted by atomic mass is 9.68. The summed E-state index contributed by atoms with van der Waals surface area (Å²) < 4.78 is 0. The zero-order valence-electron chi connectivity index (χ0n) is 15.4. The van der Waals surface area contributed by atoms with Gasteiger partial charge in [0.15, 0.2) is 0 Å². The molecule has 2 aromatic rings. The number of likely N-dealkylation sites (tertiary alicyclic amines) is 1. The highest BCUT2D eigenvalue weighted by atomic mass is 16.1. The van der Waals surface area contributed by atoms with E-state index in [9.17, 15) is 4.79 Å². The lowest BCUT2D eigenvalue weighted by Crippen LogP contribution is -2.48. The number of nitrogens with one attached hydrogen (secondary N) is 1. The molecule has 1 unspecified atom stereocenters. The van der Waals surface area contributed by atoms with E-state index in [1.165, 1.54) is 43.5 Å². The monoisotopic (exact) mass is 348 g/mol. The second-order valence-corrected chi connectivity index (χ2v) is 7.68. The number of fused-ring (bicyclic) bond motifs is 1. The molecular formula is C23H28N2O. The van der Waals surface area contributed by atoms with Crippen LogP contribution < -0.4 is 5.32 Å². The fraction of sp³-hybridized carbons (Fsp3) is 0.435. The number of hydrogen-bond acceptors (Lipinski definition) is 2. The molecule has 2 aromatic carbocycles. The van der Waals surface area contributed by atoms with Crippen LogP contribution >= 0.6 is 0 Å². The van der Waals surface area contributed by atoms with Crippen molar-refractivity contribution in [1.82, 2.24) is 10.2 Å². The van der Waals surface area contributed by atoms with Gasteiger partial charge in [-0.3, -0.25) is 4.79 Å². The van der Waals surface area contributed by atoms with Gasteiger partial charge in [-0.15, -0.1) is 0 Å². The molecule has 1 N–H and O–H groups in total. The maximum atomic E-state index is 12.4. The summed E-state index contributed by atoms with van der Waals surface area (Å²) >= 11 is 0. The summed E-state index contributed by atoms with van der Waals surface area (Å²) in [7, 11) is 0. The largest absolute Gasteiger partial charge is 0.351 e. The molecule has 136 valence electrons. The first kappa shape index (κ1) is 17.3. The number of carbonyl (C=O) groups excluding carboxylic acids is 1. The molecule has 1 amide bonds. The third-order valence-electron chi connectivity index (χ3n) is 6.09. The number of amides is 1. The summed E-state index contributed by atoms with van der Waals surface area (Å²) in [6.07, 6.45) is 6.26. The second kappa shape index (κ2) is 7.63. The van der Waals surface area contributed by atoms with E-state index >= 15 is 0 Å². The van der Waals surface area contributed by atoms with Gasteiger partial charge in [0, 0.05) is 17.5 Å². The van der Waals surface area contributed by atoms with Gasteiger partial charge in [0.05, 0.1) is 0 Å². The Kier molecular flexibility index (Phi) is 5.07. The van der Waals surface area contributed by atoms with Gasteiger partial charge < -0.3 is 10.2 Å². The van der Waals surface area contributed by atoms with E-state index in [-0.39, 0.29) is 11.3 Å². The molecule has 1 fully saturated rings. The number of piperidine rings is 1. The van der Waals surface area contributed by atoms with Crippen molar-refractivity contribution in [3.05, 3.63) is 71.3 Å². The predicted octanol–water partition coefficient (Wildman–Crippen LogP) is 3.98. The molecule has 2 aliphatic rings. The van der Waals surface area contributed by atoms with Gasteiger partial charge in [-0.05, 0) is 62.5 Å². The van der Waals surface area contributed by atoms with Crippen molar-refractivity contribution >= 4 is 5.91 Å². The Hall–Kier alpha value is -2.13. The summed E-state index contributed by atoms with van der Waals surface area (Å²) in [6, 6.07) is 18.9. The van der Waals surface area contributed by atoms with Crippen molar-refractivity contribution in [3.8, 4) is 0 Å². The molecule has 26 heavy (non-hydrogen) atoms. The summed E-state index contributed by atoms with van der Waals surface area (Å²) in [5.74, 6) is 0.0585. The average molecular weight is 348 g/mol. The van der Waals surface area contributed by atoms with Gasteiger partial charge in [-0.25, -0.2) is 0 Å². The zero-order chi connectivity index (χ0) is 17.8. The van der Waals surface area contributed by atoms with Crippen molar-refractivity contribution in [1.29, 1.82) is 0 Å². The molecular weight excluding hydrogens is 320 g/mol. The van der Waals surface area contributed by atoms with Crippen LogP contribution in [0.25, 0.3) is 0 Å². The van der Waals surface area contributed by atoms with Gasteiger partial charge in [-0.2, -0.15) is 0 Å². The Balaban J connectivity index is 1.63. The van der Waals surface area contributed by atoms with E-state index in [0.717, 1.165) is 24.9 Å². The molecule has 1 atom stereocenters. The second-order valence-electron chi connectivity index (χ2n) is 7.68. The maximum absolute atomic E-state index is 12.4. The van der Waals surface area contributed by atoms with Crippen LogP contribution in [0.1, 0.15) is 53.6 Å². The molecule has 4 rings (SSSR count). The number of rotatable bonds is 5. The van der Waals surface area contributed by atoms with Crippen molar-refractivity contribution in [2.45, 2.75) is 37.5 Å². The number of nitrogens with zero attached hydrogens (tertiary/aromatic N) is 1. The maximum Gasteiger partial charge on any atom is 0.251 e. The third kappa shape index (κ3) is 3.28. The summed E-state index contributed by atoms with van der Waals surface area (Å²) in [5.41, 5.74) is 3.21. The van der Waals surface area contributed by atoms with Crippen LogP contribution in [0.15, 0.2) is 54.6 Å². The van der Waals surface area contributed by atoms with Gasteiger partial charge in [-0.1, -0.05) is 55.0 Å². The van der Waals surface area contributed by atoms with Crippen LogP contribution in [0.5, 0.6) is 0 Å². The third-order valence-corrected chi connectivity index (χ3v) is 6.09. The molecule has 1 saturated heterocycles. The molecule has 0 aromatic heterocycles. The lowest BCUT2D eigenvalue weighted by molar-refractivity contribution is 0.0927. The van der Waals surface area contributed by atoms with Crippen molar-refractivity contribution in [2.75, 3.05) is 26.2 Å². The highest BCUT2D eigenvalue weighted by Crippen LogP contribution is 2.40. The van der Waals surface area contributed by atoms with E-state index in [1.54, 1.807) is 0 Å². The van der Waals surface area contributed by atoms with Gasteiger partial charge in [0.2, 0.25) is 0 Å². The van der Waals surface area contributed by atoms with Crippen LogP contribution in [0, 0.1) is 0 Å². The van der Waals surface area contributed by atoms with E-state index in [4.69, 9.17) is 0 Å². The highest BCUT2D eigenvalue weighted by molar-refractivity contribution is 5.97. The predicted molar refractivity (Wildman–Crippen MR) is 106 cm³/mol. The Bertz CT molecular complexity index is 752. The molecule has 0 spiro atoms. The quantitative estimate of drug-likeness (QED) is 0.886. The van der Waals surface area contributed by atoms with E-state index in [2.05, 4.69) is 52.7 Å². The molecule has 0 aliphatic carbocycles. The first-order valence-corrected chi connectivity index (χ1v) is 9.95. The molecule has 2 aliphatic heterocycles. The van der Waals surface area contributed by atoms with Gasteiger partial charge in [0.1, 0.15) is 0 Å². The first-order valence-electron chi connectivity index (χ1n) is 9.95. The lowest BCUT2D eigenvalue weighted by Gasteiger charge is -2.40. The number of benzene rings is 2. The summed E-state index contributed by atoms with van der Waals surface area (Å²) in [6.45, 7) is 4.33. The normalized spacial score (nSPS) is 23.3. The Morgan fingerprint density at radius 2 is 1.65 bits per heavy atom. The van der Waals surface area contributed by atoms with Gasteiger partial charge >= 0.3 is 0 Å². The van der Waals surface area contributed by atoms with Crippen LogP contribution in [0.3, 0.4) is 0 Å². The minimum Gasteiger partial charge on any atom is -0.351 e. The van der Waals surface area contributed by atoms with Crippen molar-refractivity contribution in [3.63, 3.8) is 0 Å². The fourth-order valence-electron chi connectivity index (χ4n) is 4.69. The van der Waals surface area contributed by atoms with E-state index < -0.39 is 0 Å². The number of hydrogen-bond donors (Lipinski definition) is 1. The fourth-order valence-corrected chi connectivity index (χ4v) is 4.69. The standard InChI is InChI=1S/C23H28N2O/c26-22-20-12-5-6-13-21(20)23(18-24-22,19-10-3-1-4-11-19)14-9-17-25-15-7-2-8-16-25/h1,3-6,10-13H,2,7-9,14-18H2,(H,24,26). The van der Waals surface area contributed by atoms with Gasteiger partial charge in [0.25, 0.3) is 5.91 Å². The Labute approximate surface area is 156 Å². The Morgan fingerprint density at radius 1 is 0.923 bits per heavy atom. The molecule has 2 heterocycles. The van der Waals surface area contributed by atoms with Crippen LogP contribution in [-0.4, -0.2) is 37.0 Å². The molecule has 3 heteroatoms. The summed E-state index contributed by atoms with van der Waals surface area (Å²) in [5, 5.41) is 3.16. The Morgan fingerprint density at radius 3 is 2.46 bits per heavy atom. The minimum atomic E-state index is -0.123. The molecule has 0 saturated carbocycles. The van der Waals surface area contributed by atoms with Crippen LogP contribution in [0.4, 0.5) is 0 Å². The van der Waals surface area contributed by atoms with E-state index in [0.29, 0.717) is 6.54 Å². The first-order chi connectivity index (χ1) is 12.8. The van der Waals surface area contributed by atoms with E-state index in [1.807, 2.05) is 12.1 Å². The minimum absolute atomic E-state index is 0.0585.